The smallest absolute Gasteiger partial charge is 0.104 e. The fraction of sp³-hybridized carbons (Fsp3) is 0.250. The van der Waals surface area contributed by atoms with E-state index in [4.69, 9.17) is 11.6 Å². The Labute approximate surface area is 118 Å². The molecule has 0 amide bonds. The Hall–Kier alpha value is -1.35. The van der Waals surface area contributed by atoms with E-state index >= 15 is 0 Å². The van der Waals surface area contributed by atoms with Crippen molar-refractivity contribution in [3.63, 3.8) is 0 Å². The number of rotatable bonds is 5. The van der Waals surface area contributed by atoms with Gasteiger partial charge in [-0.15, -0.1) is 11.6 Å². The molecule has 2 unspecified atom stereocenters. The molecule has 100 valence electrons. The monoisotopic (exact) mass is 276 g/mol. The van der Waals surface area contributed by atoms with Gasteiger partial charge in [-0.1, -0.05) is 54.6 Å². The summed E-state index contributed by atoms with van der Waals surface area (Å²) >= 11 is 5.60. The predicted octanol–water partition coefficient (Wildman–Crippen LogP) is 2.91. The minimum absolute atomic E-state index is 0.214. The second-order valence-electron chi connectivity index (χ2n) is 4.57. The number of alkyl halides is 1. The zero-order valence-electron chi connectivity index (χ0n) is 10.5. The van der Waals surface area contributed by atoms with Crippen LogP contribution in [0.5, 0.6) is 0 Å². The van der Waals surface area contributed by atoms with Crippen molar-refractivity contribution in [2.75, 3.05) is 5.88 Å². The Bertz CT molecular complexity index is 513. The number of aliphatic hydroxyl groups excluding tert-OH is 2. The summed E-state index contributed by atoms with van der Waals surface area (Å²) in [5.41, 5.74) is 2.66. The van der Waals surface area contributed by atoms with Gasteiger partial charge in [0.15, 0.2) is 0 Å². The fourth-order valence-electron chi connectivity index (χ4n) is 2.04. The summed E-state index contributed by atoms with van der Waals surface area (Å²) < 4.78 is 0. The van der Waals surface area contributed by atoms with Crippen molar-refractivity contribution in [1.82, 2.24) is 0 Å². The Morgan fingerprint density at radius 3 is 2.26 bits per heavy atom. The molecule has 19 heavy (non-hydrogen) atoms. The predicted molar refractivity (Wildman–Crippen MR) is 77.4 cm³/mol. The van der Waals surface area contributed by atoms with Gasteiger partial charge < -0.3 is 10.2 Å². The lowest BCUT2D eigenvalue weighted by Gasteiger charge is -2.13. The molecule has 0 radical (unpaired) electrons. The molecule has 0 bridgehead atoms. The van der Waals surface area contributed by atoms with Crippen molar-refractivity contribution in [2.45, 2.75) is 18.6 Å². The molecular formula is C16H17ClO2. The molecule has 3 heteroatoms. The first-order valence-corrected chi connectivity index (χ1v) is 6.80. The first kappa shape index (κ1) is 14.1. The van der Waals surface area contributed by atoms with E-state index in [9.17, 15) is 10.2 Å². The molecule has 0 aliphatic rings. The van der Waals surface area contributed by atoms with Crippen LogP contribution in [-0.4, -0.2) is 22.2 Å². The Balaban J connectivity index is 2.19. The van der Waals surface area contributed by atoms with Crippen molar-refractivity contribution in [3.8, 4) is 0 Å². The highest BCUT2D eigenvalue weighted by Gasteiger charge is 2.11. The second kappa shape index (κ2) is 6.71. The SMILES string of the molecule is OC(CCl)Cc1cccc(C(O)c2ccccc2)c1. The minimum atomic E-state index is -0.644. The second-order valence-corrected chi connectivity index (χ2v) is 4.88. The maximum Gasteiger partial charge on any atom is 0.104 e. The van der Waals surface area contributed by atoms with Crippen molar-refractivity contribution in [1.29, 1.82) is 0 Å². The highest BCUT2D eigenvalue weighted by Crippen LogP contribution is 2.22. The van der Waals surface area contributed by atoms with Gasteiger partial charge in [0.05, 0.1) is 6.10 Å². The minimum Gasteiger partial charge on any atom is -0.392 e. The zero-order chi connectivity index (χ0) is 13.7. The van der Waals surface area contributed by atoms with Crippen molar-refractivity contribution in [3.05, 3.63) is 71.3 Å². The van der Waals surface area contributed by atoms with Gasteiger partial charge in [-0.05, 0) is 23.1 Å². The molecule has 2 atom stereocenters. The van der Waals surface area contributed by atoms with Crippen LogP contribution < -0.4 is 0 Å². The van der Waals surface area contributed by atoms with Gasteiger partial charge in [0.25, 0.3) is 0 Å². The van der Waals surface area contributed by atoms with Crippen LogP contribution in [0.2, 0.25) is 0 Å². The molecule has 2 aromatic rings. The van der Waals surface area contributed by atoms with E-state index < -0.39 is 12.2 Å². The maximum absolute atomic E-state index is 10.3. The lowest BCUT2D eigenvalue weighted by molar-refractivity contribution is 0.198. The quantitative estimate of drug-likeness (QED) is 0.825. The van der Waals surface area contributed by atoms with E-state index in [0.717, 1.165) is 16.7 Å². The zero-order valence-corrected chi connectivity index (χ0v) is 11.3. The van der Waals surface area contributed by atoms with E-state index in [1.54, 1.807) is 0 Å². The molecule has 0 aliphatic heterocycles. The topological polar surface area (TPSA) is 40.5 Å². The van der Waals surface area contributed by atoms with E-state index in [2.05, 4.69) is 0 Å². The first-order valence-electron chi connectivity index (χ1n) is 6.26. The summed E-state index contributed by atoms with van der Waals surface area (Å²) in [6.45, 7) is 0. The van der Waals surface area contributed by atoms with E-state index in [1.807, 2.05) is 54.6 Å². The molecule has 2 aromatic carbocycles. The summed E-state index contributed by atoms with van der Waals surface area (Å²) in [5, 5.41) is 19.9. The fourth-order valence-corrected chi connectivity index (χ4v) is 2.15. The largest absolute Gasteiger partial charge is 0.392 e. The van der Waals surface area contributed by atoms with Crippen molar-refractivity contribution in [2.24, 2.45) is 0 Å². The van der Waals surface area contributed by atoms with Crippen molar-refractivity contribution < 1.29 is 10.2 Å². The Morgan fingerprint density at radius 2 is 1.58 bits per heavy atom. The van der Waals surface area contributed by atoms with Crippen molar-refractivity contribution >= 4 is 11.6 Å². The molecule has 0 spiro atoms. The molecular weight excluding hydrogens is 260 g/mol. The van der Waals surface area contributed by atoms with Crippen LogP contribution in [0.15, 0.2) is 54.6 Å². The van der Waals surface area contributed by atoms with Crippen LogP contribution >= 0.6 is 11.6 Å². The molecule has 0 aliphatic carbocycles. The average molecular weight is 277 g/mol. The lowest BCUT2D eigenvalue weighted by atomic mass is 9.98. The van der Waals surface area contributed by atoms with Gasteiger partial charge in [0, 0.05) is 5.88 Å². The average Bonchev–Trinajstić information content (AvgIpc) is 2.47. The van der Waals surface area contributed by atoms with Gasteiger partial charge in [0.1, 0.15) is 6.10 Å². The van der Waals surface area contributed by atoms with Gasteiger partial charge >= 0.3 is 0 Å². The molecule has 0 saturated carbocycles. The van der Waals surface area contributed by atoms with Crippen LogP contribution in [0.1, 0.15) is 22.8 Å². The summed E-state index contributed by atoms with van der Waals surface area (Å²) in [5.74, 6) is 0.214. The maximum atomic E-state index is 10.3. The summed E-state index contributed by atoms with van der Waals surface area (Å²) in [6.07, 6.45) is -0.696. The molecule has 2 nitrogen and oxygen atoms in total. The molecule has 0 fully saturated rings. The standard InChI is InChI=1S/C16H17ClO2/c17-11-15(18)10-12-5-4-8-14(9-12)16(19)13-6-2-1-3-7-13/h1-9,15-16,18-19H,10-11H2. The third-order valence-corrected chi connectivity index (χ3v) is 3.39. The number of halogens is 1. The highest BCUT2D eigenvalue weighted by molar-refractivity contribution is 6.18. The van der Waals surface area contributed by atoms with Crippen LogP contribution in [0.25, 0.3) is 0 Å². The van der Waals surface area contributed by atoms with Crippen LogP contribution in [0.4, 0.5) is 0 Å². The Kier molecular flexibility index (Phi) is 4.97. The molecule has 2 rings (SSSR count). The lowest BCUT2D eigenvalue weighted by Crippen LogP contribution is -2.12. The van der Waals surface area contributed by atoms with Gasteiger partial charge in [-0.25, -0.2) is 0 Å². The molecule has 2 N–H and O–H groups in total. The van der Waals surface area contributed by atoms with Gasteiger partial charge in [-0.2, -0.15) is 0 Å². The van der Waals surface area contributed by atoms with E-state index in [0.29, 0.717) is 6.42 Å². The van der Waals surface area contributed by atoms with Gasteiger partial charge in [0.2, 0.25) is 0 Å². The highest BCUT2D eigenvalue weighted by atomic mass is 35.5. The van der Waals surface area contributed by atoms with Gasteiger partial charge in [-0.3, -0.25) is 0 Å². The summed E-state index contributed by atoms with van der Waals surface area (Å²) in [6, 6.07) is 17.1. The van der Waals surface area contributed by atoms with Crippen LogP contribution in [0.3, 0.4) is 0 Å². The number of benzene rings is 2. The van der Waals surface area contributed by atoms with Crippen LogP contribution in [0, 0.1) is 0 Å². The van der Waals surface area contributed by atoms with Crippen LogP contribution in [-0.2, 0) is 6.42 Å². The van der Waals surface area contributed by atoms with E-state index in [-0.39, 0.29) is 5.88 Å². The third-order valence-electron chi connectivity index (χ3n) is 3.03. The number of hydrogen-bond donors (Lipinski definition) is 2. The Morgan fingerprint density at radius 1 is 0.895 bits per heavy atom. The first-order chi connectivity index (χ1) is 9.20. The molecule has 0 heterocycles. The molecule has 0 aromatic heterocycles. The number of hydrogen-bond acceptors (Lipinski definition) is 2. The summed E-state index contributed by atoms with van der Waals surface area (Å²) in [4.78, 5) is 0. The molecule has 0 saturated heterocycles. The third kappa shape index (κ3) is 3.80. The van der Waals surface area contributed by atoms with E-state index in [1.165, 1.54) is 0 Å². The summed E-state index contributed by atoms with van der Waals surface area (Å²) in [7, 11) is 0. The normalized spacial score (nSPS) is 14.1. The number of aliphatic hydroxyl groups is 2.